The number of aryl methyl sites for hydroxylation is 1. The molecule has 2 aromatic rings. The fourth-order valence-corrected chi connectivity index (χ4v) is 3.23. The van der Waals surface area contributed by atoms with Gasteiger partial charge in [-0.3, -0.25) is 4.79 Å². The van der Waals surface area contributed by atoms with E-state index in [1.165, 1.54) is 12.8 Å². The minimum Gasteiger partial charge on any atom is -0.497 e. The summed E-state index contributed by atoms with van der Waals surface area (Å²) >= 11 is 0. The number of hydrogen-bond acceptors (Lipinski definition) is 4. The van der Waals surface area contributed by atoms with Crippen molar-refractivity contribution < 1.29 is 14.2 Å². The van der Waals surface area contributed by atoms with E-state index in [9.17, 15) is 4.79 Å². The summed E-state index contributed by atoms with van der Waals surface area (Å²) in [7, 11) is 1.63. The third kappa shape index (κ3) is 5.43. The van der Waals surface area contributed by atoms with Gasteiger partial charge in [0.25, 0.3) is 5.56 Å². The second-order valence-corrected chi connectivity index (χ2v) is 7.43. The highest BCUT2D eigenvalue weighted by Crippen LogP contribution is 2.35. The van der Waals surface area contributed by atoms with Crippen LogP contribution >= 0.6 is 0 Å². The zero-order chi connectivity index (χ0) is 20.5. The molecular formula is C23H35NO4. The zero-order valence-corrected chi connectivity index (χ0v) is 18.0. The van der Waals surface area contributed by atoms with Crippen LogP contribution in [0.25, 0.3) is 10.9 Å². The highest BCUT2D eigenvalue weighted by molar-refractivity contribution is 5.89. The zero-order valence-electron chi connectivity index (χ0n) is 18.0. The van der Waals surface area contributed by atoms with Crippen molar-refractivity contribution in [3.63, 3.8) is 0 Å². The second-order valence-electron chi connectivity index (χ2n) is 7.43. The van der Waals surface area contributed by atoms with E-state index < -0.39 is 0 Å². The Kier molecular flexibility index (Phi) is 8.68. The molecule has 5 nitrogen and oxygen atoms in total. The first-order valence-corrected chi connectivity index (χ1v) is 10.6. The first-order valence-electron chi connectivity index (χ1n) is 10.6. The van der Waals surface area contributed by atoms with Crippen LogP contribution in [0, 0.1) is 0 Å². The van der Waals surface area contributed by atoms with Crippen molar-refractivity contribution in [2.45, 2.75) is 78.9 Å². The van der Waals surface area contributed by atoms with Crippen molar-refractivity contribution in [3.8, 4) is 17.2 Å². The molecule has 0 N–H and O–H groups in total. The van der Waals surface area contributed by atoms with E-state index in [1.54, 1.807) is 11.7 Å². The molecule has 0 amide bonds. The van der Waals surface area contributed by atoms with Gasteiger partial charge in [-0.05, 0) is 38.8 Å². The molecule has 0 aliphatic carbocycles. The Labute approximate surface area is 168 Å². The van der Waals surface area contributed by atoms with Gasteiger partial charge in [-0.2, -0.15) is 0 Å². The van der Waals surface area contributed by atoms with E-state index in [0.29, 0.717) is 24.7 Å². The van der Waals surface area contributed by atoms with Crippen molar-refractivity contribution in [2.24, 2.45) is 0 Å². The lowest BCUT2D eigenvalue weighted by molar-refractivity contribution is 0.219. The Balaban J connectivity index is 2.56. The first kappa shape index (κ1) is 22.1. The summed E-state index contributed by atoms with van der Waals surface area (Å²) in [4.78, 5) is 13.3. The van der Waals surface area contributed by atoms with Gasteiger partial charge in [0, 0.05) is 18.0 Å². The lowest BCUT2D eigenvalue weighted by atomic mass is 10.1. The SMILES string of the molecule is CCCCCCOc1c(OC(C)C)c2ccc(OC)cc2n(CCCC)c1=O. The molecule has 0 unspecified atom stereocenters. The third-order valence-corrected chi connectivity index (χ3v) is 4.72. The van der Waals surface area contributed by atoms with Crippen LogP contribution in [0.1, 0.15) is 66.2 Å². The topological polar surface area (TPSA) is 49.7 Å². The summed E-state index contributed by atoms with van der Waals surface area (Å²) in [6.45, 7) is 9.40. The normalized spacial score (nSPS) is 11.2. The number of pyridine rings is 1. The molecule has 1 aromatic heterocycles. The summed E-state index contributed by atoms with van der Waals surface area (Å²) in [5.41, 5.74) is 0.701. The van der Waals surface area contributed by atoms with Gasteiger partial charge in [0.1, 0.15) is 5.75 Å². The van der Waals surface area contributed by atoms with E-state index in [1.807, 2.05) is 32.0 Å². The van der Waals surface area contributed by atoms with Crippen molar-refractivity contribution in [2.75, 3.05) is 13.7 Å². The summed E-state index contributed by atoms with van der Waals surface area (Å²) in [6.07, 6.45) is 6.26. The minimum absolute atomic E-state index is 0.0568. The highest BCUT2D eigenvalue weighted by Gasteiger charge is 2.21. The van der Waals surface area contributed by atoms with Crippen LogP contribution in [0.3, 0.4) is 0 Å². The molecule has 0 aliphatic rings. The van der Waals surface area contributed by atoms with Crippen LogP contribution in [0.4, 0.5) is 0 Å². The maximum atomic E-state index is 13.3. The van der Waals surface area contributed by atoms with Crippen LogP contribution in [0.15, 0.2) is 23.0 Å². The average molecular weight is 390 g/mol. The largest absolute Gasteiger partial charge is 0.497 e. The van der Waals surface area contributed by atoms with Crippen LogP contribution in [0.2, 0.25) is 0 Å². The molecule has 1 heterocycles. The van der Waals surface area contributed by atoms with E-state index >= 15 is 0 Å². The number of nitrogens with zero attached hydrogens (tertiary/aromatic N) is 1. The number of rotatable bonds is 12. The Bertz CT molecular complexity index is 810. The van der Waals surface area contributed by atoms with E-state index in [-0.39, 0.29) is 11.7 Å². The number of unbranched alkanes of at least 4 members (excludes halogenated alkanes) is 4. The van der Waals surface area contributed by atoms with Crippen LogP contribution in [0.5, 0.6) is 17.2 Å². The lowest BCUT2D eigenvalue weighted by Gasteiger charge is -2.20. The third-order valence-electron chi connectivity index (χ3n) is 4.72. The molecule has 156 valence electrons. The Hall–Kier alpha value is -2.17. The fourth-order valence-electron chi connectivity index (χ4n) is 3.23. The van der Waals surface area contributed by atoms with Gasteiger partial charge in [0.2, 0.25) is 5.75 Å². The standard InChI is InChI=1S/C23H35NO4/c1-6-8-10-11-15-27-22-21(28-17(3)4)19-13-12-18(26-5)16-20(19)24(23(22)25)14-9-7-2/h12-13,16-17H,6-11,14-15H2,1-5H3. The van der Waals surface area contributed by atoms with Gasteiger partial charge in [-0.25, -0.2) is 0 Å². The molecular weight excluding hydrogens is 354 g/mol. The maximum absolute atomic E-state index is 13.3. The van der Waals surface area contributed by atoms with Gasteiger partial charge in [-0.1, -0.05) is 39.5 Å². The molecule has 0 saturated carbocycles. The predicted molar refractivity (Wildman–Crippen MR) is 115 cm³/mol. The summed E-state index contributed by atoms with van der Waals surface area (Å²) < 4.78 is 19.3. The Morgan fingerprint density at radius 3 is 2.39 bits per heavy atom. The van der Waals surface area contributed by atoms with E-state index in [2.05, 4.69) is 13.8 Å². The van der Waals surface area contributed by atoms with Crippen molar-refractivity contribution in [3.05, 3.63) is 28.6 Å². The van der Waals surface area contributed by atoms with Crippen molar-refractivity contribution in [1.82, 2.24) is 4.57 Å². The summed E-state index contributed by atoms with van der Waals surface area (Å²) in [5.74, 6) is 1.60. The molecule has 0 bridgehead atoms. The maximum Gasteiger partial charge on any atom is 0.297 e. The van der Waals surface area contributed by atoms with Gasteiger partial charge in [0.15, 0.2) is 5.75 Å². The molecule has 0 aliphatic heterocycles. The van der Waals surface area contributed by atoms with Gasteiger partial charge >= 0.3 is 0 Å². The molecule has 0 saturated heterocycles. The van der Waals surface area contributed by atoms with Crippen molar-refractivity contribution >= 4 is 10.9 Å². The van der Waals surface area contributed by atoms with Gasteiger partial charge in [-0.15, -0.1) is 0 Å². The van der Waals surface area contributed by atoms with E-state index in [0.717, 1.165) is 42.3 Å². The molecule has 0 spiro atoms. The monoisotopic (exact) mass is 389 g/mol. The molecule has 0 fully saturated rings. The number of fused-ring (bicyclic) bond motifs is 1. The summed E-state index contributed by atoms with van der Waals surface area (Å²) in [5, 5.41) is 0.883. The van der Waals surface area contributed by atoms with Crippen LogP contribution in [-0.4, -0.2) is 24.4 Å². The van der Waals surface area contributed by atoms with E-state index in [4.69, 9.17) is 14.2 Å². The van der Waals surface area contributed by atoms with Gasteiger partial charge < -0.3 is 18.8 Å². The molecule has 28 heavy (non-hydrogen) atoms. The lowest BCUT2D eigenvalue weighted by Crippen LogP contribution is -2.25. The Morgan fingerprint density at radius 1 is 1.00 bits per heavy atom. The van der Waals surface area contributed by atoms with Gasteiger partial charge in [0.05, 0.1) is 25.3 Å². The molecule has 2 rings (SSSR count). The molecule has 0 radical (unpaired) electrons. The summed E-state index contributed by atoms with van der Waals surface area (Å²) in [6, 6.07) is 5.76. The minimum atomic E-state index is -0.125. The Morgan fingerprint density at radius 2 is 1.75 bits per heavy atom. The fraction of sp³-hybridized carbons (Fsp3) is 0.609. The van der Waals surface area contributed by atoms with Crippen LogP contribution < -0.4 is 19.8 Å². The quantitative estimate of drug-likeness (QED) is 0.446. The predicted octanol–water partition coefficient (Wildman–Crippen LogP) is 5.56. The number of ether oxygens (including phenoxy) is 3. The average Bonchev–Trinajstić information content (AvgIpc) is 2.68. The molecule has 1 aromatic carbocycles. The number of hydrogen-bond donors (Lipinski definition) is 0. The molecule has 5 heteroatoms. The smallest absolute Gasteiger partial charge is 0.297 e. The van der Waals surface area contributed by atoms with Crippen molar-refractivity contribution in [1.29, 1.82) is 0 Å². The second kappa shape index (κ2) is 11.0. The number of methoxy groups -OCH3 is 1. The number of aromatic nitrogens is 1. The van der Waals surface area contributed by atoms with Crippen LogP contribution in [-0.2, 0) is 6.54 Å². The number of benzene rings is 1. The first-order chi connectivity index (χ1) is 13.5. The molecule has 0 atom stereocenters. The highest BCUT2D eigenvalue weighted by atomic mass is 16.5.